The minimum atomic E-state index is -5.73. The van der Waals surface area contributed by atoms with Crippen molar-refractivity contribution in [1.82, 2.24) is 19.5 Å². The van der Waals surface area contributed by atoms with Crippen LogP contribution < -0.4 is 10.5 Å². The molecule has 6 atom stereocenters. The number of nitrogen functional groups attached to an aromatic ring is 1. The molecule has 3 heterocycles. The standard InChI is InChI=1S/C18H23N6O15P3/c1-9(10-4-2-3-5-11(10)24(26)27)36-17-15-16(21-18(19)22-17)23(8-20-15)14-6-12(25)13(37-14)7-35-41(31,32)39-42(33,34)38-40(28,29)30/h2-5,8-9,12-14,25H,6-7H2,1H3,(H,31,32)(H,33,34)(H2,19,21,22)(H2,28,29,30)/t9?,12-,13+,14+/m0/s1. The van der Waals surface area contributed by atoms with Gasteiger partial charge in [-0.15, -0.1) is 0 Å². The van der Waals surface area contributed by atoms with Gasteiger partial charge < -0.3 is 39.9 Å². The lowest BCUT2D eigenvalue weighted by molar-refractivity contribution is -0.386. The topological polar surface area (TPSA) is 311 Å². The van der Waals surface area contributed by atoms with E-state index >= 15 is 0 Å². The minimum Gasteiger partial charge on any atom is -0.468 e. The van der Waals surface area contributed by atoms with Crippen LogP contribution in [-0.2, 0) is 31.6 Å². The molecule has 0 radical (unpaired) electrons. The van der Waals surface area contributed by atoms with E-state index in [-0.39, 0.29) is 40.7 Å². The Hall–Kier alpha value is -2.90. The minimum absolute atomic E-state index is 0.0815. The first kappa shape index (κ1) is 32.0. The Balaban J connectivity index is 1.49. The number of ether oxygens (including phenoxy) is 2. The first-order chi connectivity index (χ1) is 19.4. The number of nitro benzene ring substituents is 1. The van der Waals surface area contributed by atoms with Crippen molar-refractivity contribution in [1.29, 1.82) is 0 Å². The van der Waals surface area contributed by atoms with E-state index in [1.807, 2.05) is 0 Å². The number of aliphatic hydroxyl groups is 1. The second-order valence-electron chi connectivity index (χ2n) is 8.61. The van der Waals surface area contributed by atoms with Crippen LogP contribution in [0.15, 0.2) is 30.6 Å². The fourth-order valence-corrected chi connectivity index (χ4v) is 6.96. The smallest absolute Gasteiger partial charge is 0.468 e. The Morgan fingerprint density at radius 3 is 2.52 bits per heavy atom. The number of imidazole rings is 1. The van der Waals surface area contributed by atoms with Crippen LogP contribution in [0.25, 0.3) is 11.2 Å². The number of phosphoric ester groups is 1. The average molecular weight is 656 g/mol. The van der Waals surface area contributed by atoms with Crippen LogP contribution in [0.4, 0.5) is 11.6 Å². The monoisotopic (exact) mass is 656 g/mol. The maximum atomic E-state index is 12.0. The summed E-state index contributed by atoms with van der Waals surface area (Å²) in [6.07, 6.45) is -3.39. The van der Waals surface area contributed by atoms with Crippen molar-refractivity contribution in [2.24, 2.45) is 0 Å². The molecule has 0 saturated carbocycles. The molecule has 1 saturated heterocycles. The summed E-state index contributed by atoms with van der Waals surface area (Å²) in [5, 5.41) is 21.8. The van der Waals surface area contributed by atoms with Gasteiger partial charge in [0.1, 0.15) is 18.4 Å². The number of hydrogen-bond donors (Lipinski definition) is 6. The quantitative estimate of drug-likeness (QED) is 0.0912. The van der Waals surface area contributed by atoms with Gasteiger partial charge in [-0.1, -0.05) is 12.1 Å². The highest BCUT2D eigenvalue weighted by atomic mass is 31.3. The van der Waals surface area contributed by atoms with Gasteiger partial charge in [-0.25, -0.2) is 18.7 Å². The molecule has 2 aromatic heterocycles. The molecule has 0 spiro atoms. The zero-order valence-corrected chi connectivity index (χ0v) is 23.8. The van der Waals surface area contributed by atoms with E-state index in [0.717, 1.165) is 0 Å². The van der Waals surface area contributed by atoms with Crippen molar-refractivity contribution < 1.29 is 65.9 Å². The maximum Gasteiger partial charge on any atom is 0.490 e. The lowest BCUT2D eigenvalue weighted by Gasteiger charge is -2.19. The third-order valence-corrected chi connectivity index (χ3v) is 9.40. The van der Waals surface area contributed by atoms with Crippen molar-refractivity contribution in [3.05, 3.63) is 46.3 Å². The van der Waals surface area contributed by atoms with Gasteiger partial charge in [-0.05, 0) is 13.0 Å². The number of para-hydroxylation sites is 1. The Morgan fingerprint density at radius 1 is 1.17 bits per heavy atom. The largest absolute Gasteiger partial charge is 0.490 e. The molecule has 3 unspecified atom stereocenters. The molecule has 21 nitrogen and oxygen atoms in total. The molecule has 1 aliphatic rings. The average Bonchev–Trinajstić information content (AvgIpc) is 3.43. The van der Waals surface area contributed by atoms with Crippen LogP contribution in [-0.4, -0.2) is 67.9 Å². The Labute approximate surface area is 234 Å². The van der Waals surface area contributed by atoms with Crippen LogP contribution in [0.2, 0.25) is 0 Å². The summed E-state index contributed by atoms with van der Waals surface area (Å²) in [4.78, 5) is 59.3. The molecule has 1 aliphatic heterocycles. The lowest BCUT2D eigenvalue weighted by atomic mass is 10.1. The molecule has 0 aliphatic carbocycles. The van der Waals surface area contributed by atoms with Gasteiger partial charge in [-0.3, -0.25) is 19.2 Å². The summed E-state index contributed by atoms with van der Waals surface area (Å²) in [6.45, 7) is 0.676. The van der Waals surface area contributed by atoms with Crippen molar-refractivity contribution in [3.63, 3.8) is 0 Å². The fourth-order valence-electron chi connectivity index (χ4n) is 3.93. The molecule has 0 bridgehead atoms. The van der Waals surface area contributed by atoms with E-state index in [2.05, 4.69) is 28.1 Å². The van der Waals surface area contributed by atoms with Gasteiger partial charge in [0.05, 0.1) is 29.5 Å². The molecule has 42 heavy (non-hydrogen) atoms. The van der Waals surface area contributed by atoms with Gasteiger partial charge >= 0.3 is 23.5 Å². The summed E-state index contributed by atoms with van der Waals surface area (Å²) in [7, 11) is -16.7. The van der Waals surface area contributed by atoms with Crippen LogP contribution in [0.5, 0.6) is 5.88 Å². The van der Waals surface area contributed by atoms with E-state index in [0.29, 0.717) is 0 Å². The lowest BCUT2D eigenvalue weighted by Crippen LogP contribution is -2.26. The summed E-state index contributed by atoms with van der Waals surface area (Å²) in [5.74, 6) is -0.360. The molecule has 3 aromatic rings. The first-order valence-corrected chi connectivity index (χ1v) is 16.0. The van der Waals surface area contributed by atoms with Crippen LogP contribution in [0, 0.1) is 10.1 Å². The predicted octanol–water partition coefficient (Wildman–Crippen LogP) is 1.45. The van der Waals surface area contributed by atoms with Gasteiger partial charge in [0.2, 0.25) is 11.8 Å². The molecule has 24 heteroatoms. The highest BCUT2D eigenvalue weighted by molar-refractivity contribution is 7.66. The molecule has 7 N–H and O–H groups in total. The third-order valence-electron chi connectivity index (χ3n) is 5.60. The number of rotatable bonds is 12. The number of aliphatic hydroxyl groups excluding tert-OH is 1. The summed E-state index contributed by atoms with van der Waals surface area (Å²) in [6, 6.07) is 5.93. The number of phosphoric acid groups is 3. The molecular weight excluding hydrogens is 633 g/mol. The van der Waals surface area contributed by atoms with E-state index in [1.54, 1.807) is 13.0 Å². The summed E-state index contributed by atoms with van der Waals surface area (Å²) >= 11 is 0. The number of fused-ring (bicyclic) bond motifs is 1. The maximum absolute atomic E-state index is 12.0. The molecule has 1 fully saturated rings. The molecule has 4 rings (SSSR count). The van der Waals surface area contributed by atoms with Gasteiger partial charge in [-0.2, -0.15) is 18.6 Å². The van der Waals surface area contributed by atoms with Gasteiger partial charge in [0, 0.05) is 12.5 Å². The Morgan fingerprint density at radius 2 is 1.86 bits per heavy atom. The molecular formula is C18H23N6O15P3. The van der Waals surface area contributed by atoms with Crippen molar-refractivity contribution in [2.45, 2.75) is 37.9 Å². The third kappa shape index (κ3) is 7.73. The normalized spacial score (nSPS) is 22.9. The van der Waals surface area contributed by atoms with Gasteiger partial charge in [0.15, 0.2) is 11.2 Å². The second-order valence-corrected chi connectivity index (χ2v) is 13.0. The zero-order valence-electron chi connectivity index (χ0n) is 21.1. The van der Waals surface area contributed by atoms with E-state index < -0.39 is 59.5 Å². The SMILES string of the molecule is CC(Oc1nc(N)nc2c1ncn2[C@H]1C[C@H](O)[C@@H](COP(=O)(O)OP(=O)(O)OP(=O)(O)O)O1)c1ccccc1[N+](=O)[O-]. The second kappa shape index (κ2) is 12.0. The molecule has 0 amide bonds. The van der Waals surface area contributed by atoms with Crippen LogP contribution in [0.3, 0.4) is 0 Å². The zero-order chi connectivity index (χ0) is 31.0. The summed E-state index contributed by atoms with van der Waals surface area (Å²) < 4.78 is 58.9. The number of anilines is 1. The van der Waals surface area contributed by atoms with E-state index in [4.69, 9.17) is 25.0 Å². The molecule has 1 aromatic carbocycles. The van der Waals surface area contributed by atoms with Gasteiger partial charge in [0.25, 0.3) is 5.69 Å². The summed E-state index contributed by atoms with van der Waals surface area (Å²) in [5.41, 5.74) is 6.10. The van der Waals surface area contributed by atoms with E-state index in [9.17, 15) is 38.7 Å². The number of hydrogen-bond acceptors (Lipinski definition) is 15. The molecule has 230 valence electrons. The highest BCUT2D eigenvalue weighted by Gasteiger charge is 2.43. The van der Waals surface area contributed by atoms with Crippen molar-refractivity contribution in [2.75, 3.05) is 12.3 Å². The van der Waals surface area contributed by atoms with Crippen molar-refractivity contribution >= 4 is 46.3 Å². The number of nitrogens with two attached hydrogens (primary N) is 1. The highest BCUT2D eigenvalue weighted by Crippen LogP contribution is 2.66. The fraction of sp³-hybridized carbons (Fsp3) is 0.389. The van der Waals surface area contributed by atoms with Crippen LogP contribution in [0.1, 0.15) is 31.2 Å². The Bertz CT molecular complexity index is 1630. The number of nitrogens with zero attached hydrogens (tertiary/aromatic N) is 5. The first-order valence-electron chi connectivity index (χ1n) is 11.5. The van der Waals surface area contributed by atoms with Crippen LogP contribution >= 0.6 is 23.5 Å². The Kier molecular flexibility index (Phi) is 9.15. The van der Waals surface area contributed by atoms with Crippen molar-refractivity contribution in [3.8, 4) is 5.88 Å². The van der Waals surface area contributed by atoms with E-state index in [1.165, 1.54) is 29.1 Å². The number of aromatic nitrogens is 4. The predicted molar refractivity (Wildman–Crippen MR) is 136 cm³/mol. The number of nitro groups is 1. The number of benzene rings is 1.